The largest absolute Gasteiger partial charge is 0.492 e. The fourth-order valence-corrected chi connectivity index (χ4v) is 3.34. The molecular weight excluding hydrogens is 252 g/mol. The minimum absolute atomic E-state index is 0.0166. The van der Waals surface area contributed by atoms with Gasteiger partial charge in [-0.1, -0.05) is 18.2 Å². The van der Waals surface area contributed by atoms with E-state index in [1.807, 2.05) is 6.07 Å². The van der Waals surface area contributed by atoms with Crippen LogP contribution in [0.25, 0.3) is 0 Å². The zero-order chi connectivity index (χ0) is 14.0. The van der Waals surface area contributed by atoms with Gasteiger partial charge in [-0.05, 0) is 19.4 Å². The maximum atomic E-state index is 6.15. The molecule has 2 heterocycles. The van der Waals surface area contributed by atoms with Crippen LogP contribution in [0.2, 0.25) is 0 Å². The average Bonchev–Trinajstić information content (AvgIpc) is 2.93. The summed E-state index contributed by atoms with van der Waals surface area (Å²) in [5.41, 5.74) is 7.39. The number of hydrogen-bond acceptors (Lipinski definition) is 4. The molecule has 0 bridgehead atoms. The molecule has 2 aliphatic rings. The summed E-state index contributed by atoms with van der Waals surface area (Å²) >= 11 is 0. The van der Waals surface area contributed by atoms with E-state index < -0.39 is 0 Å². The summed E-state index contributed by atoms with van der Waals surface area (Å²) < 4.78 is 11.5. The summed E-state index contributed by atoms with van der Waals surface area (Å²) in [4.78, 5) is 2.48. The molecule has 0 aliphatic carbocycles. The van der Waals surface area contributed by atoms with E-state index in [1.54, 1.807) is 0 Å². The first-order valence-corrected chi connectivity index (χ1v) is 7.47. The molecule has 110 valence electrons. The van der Waals surface area contributed by atoms with Crippen LogP contribution in [0.4, 0.5) is 0 Å². The fraction of sp³-hybridized carbons (Fsp3) is 0.625. The molecule has 1 fully saturated rings. The minimum Gasteiger partial charge on any atom is -0.492 e. The van der Waals surface area contributed by atoms with Crippen molar-refractivity contribution in [2.75, 3.05) is 32.9 Å². The van der Waals surface area contributed by atoms with Crippen molar-refractivity contribution < 1.29 is 9.47 Å². The molecule has 3 rings (SSSR count). The third-order valence-corrected chi connectivity index (χ3v) is 4.90. The van der Waals surface area contributed by atoms with Crippen LogP contribution in [0.3, 0.4) is 0 Å². The van der Waals surface area contributed by atoms with Crippen molar-refractivity contribution in [3.05, 3.63) is 29.8 Å². The Morgan fingerprint density at radius 2 is 2.20 bits per heavy atom. The fourth-order valence-electron chi connectivity index (χ4n) is 3.34. The van der Waals surface area contributed by atoms with Crippen LogP contribution in [0.1, 0.15) is 18.9 Å². The number of benzene rings is 1. The number of hydrogen-bond donors (Lipinski definition) is 1. The van der Waals surface area contributed by atoms with Crippen molar-refractivity contribution in [3.63, 3.8) is 0 Å². The van der Waals surface area contributed by atoms with Crippen molar-refractivity contribution in [1.29, 1.82) is 0 Å². The van der Waals surface area contributed by atoms with Crippen molar-refractivity contribution in [2.24, 2.45) is 11.7 Å². The second kappa shape index (κ2) is 5.72. The van der Waals surface area contributed by atoms with Crippen LogP contribution in [-0.2, 0) is 11.3 Å². The monoisotopic (exact) mass is 276 g/mol. The molecular formula is C16H24N2O2. The minimum atomic E-state index is -0.0166. The molecule has 1 aromatic rings. The lowest BCUT2D eigenvalue weighted by Crippen LogP contribution is -2.57. The van der Waals surface area contributed by atoms with E-state index >= 15 is 0 Å². The lowest BCUT2D eigenvalue weighted by atomic mass is 9.83. The molecule has 0 radical (unpaired) electrons. The molecule has 0 aromatic heterocycles. The molecule has 0 amide bonds. The molecule has 2 N–H and O–H groups in total. The van der Waals surface area contributed by atoms with Gasteiger partial charge in [0.25, 0.3) is 0 Å². The Morgan fingerprint density at radius 3 is 2.95 bits per heavy atom. The van der Waals surface area contributed by atoms with Gasteiger partial charge < -0.3 is 15.2 Å². The summed E-state index contributed by atoms with van der Waals surface area (Å²) in [6, 6.07) is 8.30. The van der Waals surface area contributed by atoms with Crippen molar-refractivity contribution in [1.82, 2.24) is 4.90 Å². The Kier molecular flexibility index (Phi) is 3.96. The maximum Gasteiger partial charge on any atom is 0.123 e. The predicted octanol–water partition coefficient (Wildman–Crippen LogP) is 1.63. The molecule has 4 nitrogen and oxygen atoms in total. The highest BCUT2D eigenvalue weighted by molar-refractivity contribution is 5.34. The van der Waals surface area contributed by atoms with Gasteiger partial charge in [-0.3, -0.25) is 4.90 Å². The normalized spacial score (nSPS) is 26.4. The highest BCUT2D eigenvalue weighted by atomic mass is 16.5. The van der Waals surface area contributed by atoms with Gasteiger partial charge in [0, 0.05) is 43.3 Å². The Hall–Kier alpha value is -1.10. The predicted molar refractivity (Wildman–Crippen MR) is 78.7 cm³/mol. The van der Waals surface area contributed by atoms with E-state index in [4.69, 9.17) is 15.2 Å². The topological polar surface area (TPSA) is 47.7 Å². The molecule has 2 unspecified atom stereocenters. The van der Waals surface area contributed by atoms with Gasteiger partial charge in [0.1, 0.15) is 12.4 Å². The number of ether oxygens (including phenoxy) is 2. The van der Waals surface area contributed by atoms with Crippen molar-refractivity contribution in [2.45, 2.75) is 25.4 Å². The lowest BCUT2D eigenvalue weighted by Gasteiger charge is -2.43. The van der Waals surface area contributed by atoms with E-state index in [1.165, 1.54) is 5.56 Å². The summed E-state index contributed by atoms with van der Waals surface area (Å²) in [6.45, 7) is 7.16. The van der Waals surface area contributed by atoms with Crippen LogP contribution in [0, 0.1) is 5.92 Å². The standard InChI is InChI=1S/C16H24N2O2/c1-16(12-17,14-6-8-19-11-14)18-7-9-20-15-5-3-2-4-13(15)10-18/h2-5,14H,6-12,17H2,1H3. The number of nitrogens with two attached hydrogens (primary N) is 1. The number of para-hydroxylation sites is 1. The number of fused-ring (bicyclic) bond motifs is 1. The van der Waals surface area contributed by atoms with Gasteiger partial charge in [0.2, 0.25) is 0 Å². The summed E-state index contributed by atoms with van der Waals surface area (Å²) in [5, 5.41) is 0. The third kappa shape index (κ3) is 2.43. The highest BCUT2D eigenvalue weighted by Gasteiger charge is 2.41. The zero-order valence-electron chi connectivity index (χ0n) is 12.2. The SMILES string of the molecule is CC(CN)(C1CCOC1)N1CCOc2ccccc2C1. The van der Waals surface area contributed by atoms with Gasteiger partial charge in [-0.15, -0.1) is 0 Å². The van der Waals surface area contributed by atoms with Gasteiger partial charge >= 0.3 is 0 Å². The van der Waals surface area contributed by atoms with Crippen LogP contribution >= 0.6 is 0 Å². The molecule has 0 spiro atoms. The van der Waals surface area contributed by atoms with Crippen LogP contribution in [0.15, 0.2) is 24.3 Å². The zero-order valence-corrected chi connectivity index (χ0v) is 12.2. The molecule has 2 aliphatic heterocycles. The molecule has 0 saturated carbocycles. The van der Waals surface area contributed by atoms with Crippen LogP contribution < -0.4 is 10.5 Å². The van der Waals surface area contributed by atoms with Gasteiger partial charge in [0.05, 0.1) is 6.61 Å². The molecule has 1 aromatic carbocycles. The first-order valence-electron chi connectivity index (χ1n) is 7.47. The molecule has 2 atom stereocenters. The van der Waals surface area contributed by atoms with Crippen molar-refractivity contribution >= 4 is 0 Å². The summed E-state index contributed by atoms with van der Waals surface area (Å²) in [5.74, 6) is 1.52. The Balaban J connectivity index is 1.85. The highest BCUT2D eigenvalue weighted by Crippen LogP contribution is 2.34. The molecule has 1 saturated heterocycles. The second-order valence-corrected chi connectivity index (χ2v) is 6.00. The molecule has 4 heteroatoms. The van der Waals surface area contributed by atoms with E-state index in [-0.39, 0.29) is 5.54 Å². The summed E-state index contributed by atoms with van der Waals surface area (Å²) in [6.07, 6.45) is 1.10. The van der Waals surface area contributed by atoms with Gasteiger partial charge in [0.15, 0.2) is 0 Å². The van der Waals surface area contributed by atoms with E-state index in [9.17, 15) is 0 Å². The van der Waals surface area contributed by atoms with Crippen molar-refractivity contribution in [3.8, 4) is 5.75 Å². The van der Waals surface area contributed by atoms with E-state index in [0.29, 0.717) is 12.5 Å². The lowest BCUT2D eigenvalue weighted by molar-refractivity contribution is 0.0349. The molecule has 20 heavy (non-hydrogen) atoms. The quantitative estimate of drug-likeness (QED) is 0.911. The Bertz CT molecular complexity index is 460. The summed E-state index contributed by atoms with van der Waals surface area (Å²) in [7, 11) is 0. The Labute approximate surface area is 120 Å². The maximum absolute atomic E-state index is 6.15. The van der Waals surface area contributed by atoms with Crippen LogP contribution in [0.5, 0.6) is 5.75 Å². The smallest absolute Gasteiger partial charge is 0.123 e. The Morgan fingerprint density at radius 1 is 1.35 bits per heavy atom. The van der Waals surface area contributed by atoms with E-state index in [2.05, 4.69) is 30.0 Å². The van der Waals surface area contributed by atoms with Gasteiger partial charge in [-0.25, -0.2) is 0 Å². The second-order valence-electron chi connectivity index (χ2n) is 6.00. The number of nitrogens with zero attached hydrogens (tertiary/aromatic N) is 1. The first kappa shape index (κ1) is 13.9. The first-order chi connectivity index (χ1) is 9.74. The third-order valence-electron chi connectivity index (χ3n) is 4.90. The van der Waals surface area contributed by atoms with Crippen LogP contribution in [-0.4, -0.2) is 43.3 Å². The average molecular weight is 276 g/mol. The van der Waals surface area contributed by atoms with Gasteiger partial charge in [-0.2, -0.15) is 0 Å². The van der Waals surface area contributed by atoms with E-state index in [0.717, 1.165) is 45.1 Å². The number of rotatable bonds is 3.